The Morgan fingerprint density at radius 3 is 2.81 bits per heavy atom. The van der Waals surface area contributed by atoms with Crippen molar-refractivity contribution in [3.8, 4) is 0 Å². The number of nitrogens with zero attached hydrogens (tertiary/aromatic N) is 1. The number of urea groups is 1. The number of carbonyl (C=O) groups is 2. The highest BCUT2D eigenvalue weighted by Gasteiger charge is 2.30. The molecule has 0 aromatic heterocycles. The molecule has 26 heavy (non-hydrogen) atoms. The Morgan fingerprint density at radius 1 is 1.42 bits per heavy atom. The molecular weight excluding hydrogens is 367 g/mol. The Hall–Kier alpha value is -2.40. The molecule has 1 aliphatic rings. The molecule has 0 spiro atoms. The van der Waals surface area contributed by atoms with Crippen molar-refractivity contribution in [2.24, 2.45) is 0 Å². The van der Waals surface area contributed by atoms with E-state index in [-0.39, 0.29) is 23.7 Å². The van der Waals surface area contributed by atoms with Gasteiger partial charge in [0.15, 0.2) is 0 Å². The van der Waals surface area contributed by atoms with Crippen molar-refractivity contribution in [2.75, 3.05) is 43.1 Å². The zero-order chi connectivity index (χ0) is 19.3. The van der Waals surface area contributed by atoms with E-state index >= 15 is 0 Å². The van der Waals surface area contributed by atoms with Crippen LogP contribution >= 0.6 is 0 Å². The van der Waals surface area contributed by atoms with Crippen LogP contribution in [0.15, 0.2) is 18.2 Å². The third-order valence-corrected chi connectivity index (χ3v) is 4.24. The van der Waals surface area contributed by atoms with Crippen LogP contribution in [0.5, 0.6) is 0 Å². The average Bonchev–Trinajstić information content (AvgIpc) is 2.86. The van der Waals surface area contributed by atoms with E-state index in [0.29, 0.717) is 19.7 Å². The molecule has 1 heterocycles. The number of rotatable bonds is 7. The zero-order valence-electron chi connectivity index (χ0n) is 14.4. The van der Waals surface area contributed by atoms with E-state index in [1.807, 2.05) is 0 Å². The highest BCUT2D eigenvalue weighted by atomic mass is 32.2. The fourth-order valence-corrected chi connectivity index (χ4v) is 3.08. The maximum absolute atomic E-state index is 13.8. The highest BCUT2D eigenvalue weighted by Crippen LogP contribution is 2.20. The molecule has 0 aliphatic carbocycles. The number of sulfonamides is 1. The predicted molar refractivity (Wildman–Crippen MR) is 93.9 cm³/mol. The summed E-state index contributed by atoms with van der Waals surface area (Å²) in [5.74, 6) is -0.818. The van der Waals surface area contributed by atoms with Crippen molar-refractivity contribution >= 4 is 33.3 Å². The first-order chi connectivity index (χ1) is 12.2. The topological polar surface area (TPSA) is 117 Å². The van der Waals surface area contributed by atoms with E-state index in [0.717, 1.165) is 12.3 Å². The van der Waals surface area contributed by atoms with Crippen LogP contribution in [0.4, 0.5) is 20.6 Å². The minimum Gasteiger partial charge on any atom is -0.383 e. The van der Waals surface area contributed by atoms with E-state index in [2.05, 4.69) is 15.4 Å². The molecule has 1 aliphatic heterocycles. The van der Waals surface area contributed by atoms with Gasteiger partial charge in [-0.1, -0.05) is 0 Å². The van der Waals surface area contributed by atoms with Crippen LogP contribution in [0.1, 0.15) is 6.42 Å². The average molecular weight is 388 g/mol. The number of likely N-dealkylation sites (tertiary alicyclic amines) is 1. The summed E-state index contributed by atoms with van der Waals surface area (Å²) < 4.78 is 43.4. The number of carbonyl (C=O) groups excluding carboxylic acids is 2. The van der Waals surface area contributed by atoms with Crippen LogP contribution in [0, 0.1) is 5.82 Å². The normalized spacial score (nSPS) is 17.3. The van der Waals surface area contributed by atoms with E-state index < -0.39 is 27.9 Å². The van der Waals surface area contributed by atoms with Crippen molar-refractivity contribution in [1.29, 1.82) is 0 Å². The van der Waals surface area contributed by atoms with Crippen molar-refractivity contribution in [3.63, 3.8) is 0 Å². The highest BCUT2D eigenvalue weighted by molar-refractivity contribution is 7.92. The molecule has 1 aromatic rings. The van der Waals surface area contributed by atoms with Crippen LogP contribution in [-0.4, -0.2) is 64.4 Å². The van der Waals surface area contributed by atoms with Crippen molar-refractivity contribution in [2.45, 2.75) is 12.5 Å². The number of methoxy groups -OCH3 is 1. The summed E-state index contributed by atoms with van der Waals surface area (Å²) in [5.41, 5.74) is -0.0669. The number of halogens is 1. The van der Waals surface area contributed by atoms with Crippen LogP contribution in [0.25, 0.3) is 0 Å². The van der Waals surface area contributed by atoms with Crippen molar-refractivity contribution < 1.29 is 27.1 Å². The summed E-state index contributed by atoms with van der Waals surface area (Å²) in [4.78, 5) is 25.5. The van der Waals surface area contributed by atoms with Gasteiger partial charge in [-0.15, -0.1) is 0 Å². The van der Waals surface area contributed by atoms with Gasteiger partial charge in [-0.05, 0) is 18.2 Å². The van der Waals surface area contributed by atoms with Gasteiger partial charge >= 0.3 is 6.03 Å². The minimum absolute atomic E-state index is 0.0992. The van der Waals surface area contributed by atoms with Gasteiger partial charge in [-0.2, -0.15) is 0 Å². The summed E-state index contributed by atoms with van der Waals surface area (Å²) in [6.45, 7) is 1.17. The second kappa shape index (κ2) is 8.32. The fourth-order valence-electron chi connectivity index (χ4n) is 2.53. The summed E-state index contributed by atoms with van der Waals surface area (Å²) in [6.07, 6.45) is 1.11. The lowest BCUT2D eigenvalue weighted by Crippen LogP contribution is -2.40. The molecule has 3 amide bonds. The zero-order valence-corrected chi connectivity index (χ0v) is 15.2. The van der Waals surface area contributed by atoms with E-state index in [4.69, 9.17) is 4.74 Å². The smallest absolute Gasteiger partial charge is 0.319 e. The summed E-state index contributed by atoms with van der Waals surface area (Å²) >= 11 is 0. The number of hydrogen-bond donors (Lipinski definition) is 3. The first-order valence-corrected chi connectivity index (χ1v) is 9.68. The SMILES string of the molecule is COCCN1C[C@@H](NC(=O)Nc2cc(NS(C)(=O)=O)ccc2F)CC1=O. The number of ether oxygens (including phenoxy) is 1. The number of benzene rings is 1. The lowest BCUT2D eigenvalue weighted by Gasteiger charge is -2.17. The largest absolute Gasteiger partial charge is 0.383 e. The molecule has 0 radical (unpaired) electrons. The van der Waals surface area contributed by atoms with Gasteiger partial charge in [0.05, 0.1) is 30.3 Å². The summed E-state index contributed by atoms with van der Waals surface area (Å²) in [6, 6.07) is 2.35. The molecule has 11 heteroatoms. The van der Waals surface area contributed by atoms with Gasteiger partial charge < -0.3 is 20.3 Å². The Balaban J connectivity index is 1.95. The molecule has 1 aromatic carbocycles. The molecule has 0 bridgehead atoms. The molecule has 1 atom stereocenters. The molecule has 0 unspecified atom stereocenters. The minimum atomic E-state index is -3.53. The fraction of sp³-hybridized carbons (Fsp3) is 0.467. The van der Waals surface area contributed by atoms with Crippen LogP contribution in [0.2, 0.25) is 0 Å². The first-order valence-electron chi connectivity index (χ1n) is 7.79. The molecule has 0 saturated carbocycles. The van der Waals surface area contributed by atoms with Crippen LogP contribution < -0.4 is 15.4 Å². The van der Waals surface area contributed by atoms with Gasteiger partial charge in [0.2, 0.25) is 15.9 Å². The van der Waals surface area contributed by atoms with Gasteiger partial charge in [-0.25, -0.2) is 17.6 Å². The molecule has 9 nitrogen and oxygen atoms in total. The van der Waals surface area contributed by atoms with E-state index in [1.54, 1.807) is 4.90 Å². The number of anilines is 2. The third-order valence-electron chi connectivity index (χ3n) is 3.63. The van der Waals surface area contributed by atoms with Gasteiger partial charge in [0, 0.05) is 26.6 Å². The Labute approximate surface area is 150 Å². The summed E-state index contributed by atoms with van der Waals surface area (Å²) in [7, 11) is -2.00. The molecule has 3 N–H and O–H groups in total. The van der Waals surface area contributed by atoms with E-state index in [9.17, 15) is 22.4 Å². The second-order valence-corrected chi connectivity index (χ2v) is 7.65. The first kappa shape index (κ1) is 19.9. The maximum Gasteiger partial charge on any atom is 0.319 e. The van der Waals surface area contributed by atoms with E-state index in [1.165, 1.54) is 19.2 Å². The quantitative estimate of drug-likeness (QED) is 0.631. The molecule has 144 valence electrons. The maximum atomic E-state index is 13.8. The second-order valence-electron chi connectivity index (χ2n) is 5.90. The lowest BCUT2D eigenvalue weighted by molar-refractivity contribution is -0.128. The standard InChI is InChI=1S/C15H21FN4O5S/c1-25-6-5-20-9-11(8-14(20)21)17-15(22)18-13-7-10(3-4-12(13)16)19-26(2,23)24/h3-4,7,11,19H,5-6,8-9H2,1-2H3,(H2,17,18,22)/t11-/m0/s1. The number of amides is 3. The molecule has 2 rings (SSSR count). The van der Waals surface area contributed by atoms with Crippen LogP contribution in [-0.2, 0) is 19.6 Å². The number of hydrogen-bond acceptors (Lipinski definition) is 5. The van der Waals surface area contributed by atoms with Gasteiger partial charge in [0.1, 0.15) is 5.82 Å². The Morgan fingerprint density at radius 2 is 2.15 bits per heavy atom. The van der Waals surface area contributed by atoms with Crippen LogP contribution in [0.3, 0.4) is 0 Å². The van der Waals surface area contributed by atoms with Crippen molar-refractivity contribution in [1.82, 2.24) is 10.2 Å². The van der Waals surface area contributed by atoms with Gasteiger partial charge in [0.25, 0.3) is 0 Å². The predicted octanol–water partition coefficient (Wildman–Crippen LogP) is 0.566. The third kappa shape index (κ3) is 5.85. The monoisotopic (exact) mass is 388 g/mol. The van der Waals surface area contributed by atoms with Gasteiger partial charge in [-0.3, -0.25) is 9.52 Å². The Bertz CT molecular complexity index is 786. The summed E-state index contributed by atoms with van der Waals surface area (Å²) in [5, 5.41) is 4.92. The number of nitrogens with one attached hydrogen (secondary N) is 3. The molecular formula is C15H21FN4O5S. The van der Waals surface area contributed by atoms with Crippen molar-refractivity contribution in [3.05, 3.63) is 24.0 Å². The molecule has 1 fully saturated rings. The lowest BCUT2D eigenvalue weighted by atomic mass is 10.2. The Kier molecular flexibility index (Phi) is 6.37. The molecule has 1 saturated heterocycles.